The van der Waals surface area contributed by atoms with Crippen LogP contribution in [0.15, 0.2) is 6.07 Å². The molecule has 0 saturated heterocycles. The maximum Gasteiger partial charge on any atom is 0.0216 e. The van der Waals surface area contributed by atoms with Gasteiger partial charge in [0, 0.05) is 16.3 Å². The predicted octanol–water partition coefficient (Wildman–Crippen LogP) is 4.14. The molecule has 1 atom stereocenters. The zero-order valence-electron chi connectivity index (χ0n) is 11.5. The minimum Gasteiger partial charge on any atom is -0.312 e. The first-order valence-electron chi connectivity index (χ1n) is 6.07. The van der Waals surface area contributed by atoms with Gasteiger partial charge in [-0.2, -0.15) is 0 Å². The summed E-state index contributed by atoms with van der Waals surface area (Å²) in [6.45, 7) is 15.7. The molecule has 1 nitrogen and oxygen atoms in total. The van der Waals surface area contributed by atoms with Crippen LogP contribution in [0.5, 0.6) is 0 Å². The van der Waals surface area contributed by atoms with Gasteiger partial charge < -0.3 is 5.32 Å². The molecule has 1 rings (SSSR count). The van der Waals surface area contributed by atoms with Crippen molar-refractivity contribution in [3.05, 3.63) is 21.4 Å². The van der Waals surface area contributed by atoms with Gasteiger partial charge in [-0.1, -0.05) is 27.7 Å². The molecule has 0 aliphatic heterocycles. The lowest BCUT2D eigenvalue weighted by molar-refractivity contribution is 0.252. The molecule has 2 heteroatoms. The Bertz CT molecular complexity index is 333. The number of nitrogens with one attached hydrogen (secondary N) is 1. The van der Waals surface area contributed by atoms with Gasteiger partial charge in [-0.25, -0.2) is 0 Å². The van der Waals surface area contributed by atoms with Crippen LogP contribution >= 0.6 is 11.3 Å². The van der Waals surface area contributed by atoms with Gasteiger partial charge in [-0.05, 0) is 43.4 Å². The summed E-state index contributed by atoms with van der Waals surface area (Å²) in [5, 5.41) is 3.57. The molecule has 0 aliphatic carbocycles. The monoisotopic (exact) mass is 239 g/mol. The summed E-state index contributed by atoms with van der Waals surface area (Å²) in [4.78, 5) is 2.87. The Labute approximate surface area is 104 Å². The third-order valence-electron chi connectivity index (χ3n) is 3.39. The van der Waals surface area contributed by atoms with Crippen LogP contribution < -0.4 is 5.32 Å². The highest BCUT2D eigenvalue weighted by Crippen LogP contribution is 2.25. The van der Waals surface area contributed by atoms with Crippen molar-refractivity contribution in [1.29, 1.82) is 0 Å². The first-order valence-corrected chi connectivity index (χ1v) is 6.89. The first kappa shape index (κ1) is 13.7. The van der Waals surface area contributed by atoms with Gasteiger partial charge in [0.2, 0.25) is 0 Å². The van der Waals surface area contributed by atoms with Crippen molar-refractivity contribution >= 4 is 11.3 Å². The maximum atomic E-state index is 3.57. The molecule has 0 aliphatic rings. The summed E-state index contributed by atoms with van der Waals surface area (Å²) >= 11 is 1.89. The minimum absolute atomic E-state index is 0.395. The minimum atomic E-state index is 0.395. The summed E-state index contributed by atoms with van der Waals surface area (Å²) in [7, 11) is 0. The molecule has 92 valence electrons. The zero-order chi connectivity index (χ0) is 12.3. The van der Waals surface area contributed by atoms with Crippen LogP contribution in [-0.4, -0.2) is 6.54 Å². The average molecular weight is 239 g/mol. The van der Waals surface area contributed by atoms with Gasteiger partial charge in [0.15, 0.2) is 0 Å². The number of thiophene rings is 1. The lowest BCUT2D eigenvalue weighted by atomic mass is 9.82. The van der Waals surface area contributed by atoms with Gasteiger partial charge in [-0.15, -0.1) is 11.3 Å². The third kappa shape index (κ3) is 3.91. The first-order chi connectivity index (χ1) is 7.30. The van der Waals surface area contributed by atoms with E-state index in [9.17, 15) is 0 Å². The van der Waals surface area contributed by atoms with Crippen LogP contribution in [-0.2, 0) is 6.54 Å². The fourth-order valence-corrected chi connectivity index (χ4v) is 2.53. The van der Waals surface area contributed by atoms with Gasteiger partial charge in [0.05, 0.1) is 0 Å². The average Bonchev–Trinajstić information content (AvgIpc) is 2.43. The molecule has 0 bridgehead atoms. The standard InChI is InChI=1S/C14H25NS/c1-10(14(4,5)6)8-15-9-13-7-11(2)16-12(13)3/h7,10,15H,8-9H2,1-6H3. The molecule has 0 aromatic carbocycles. The lowest BCUT2D eigenvalue weighted by Gasteiger charge is -2.27. The Morgan fingerprint density at radius 2 is 1.94 bits per heavy atom. The van der Waals surface area contributed by atoms with Crippen LogP contribution in [0.25, 0.3) is 0 Å². The summed E-state index contributed by atoms with van der Waals surface area (Å²) in [5.74, 6) is 0.701. The van der Waals surface area contributed by atoms with Crippen LogP contribution in [0, 0.1) is 25.2 Å². The highest BCUT2D eigenvalue weighted by Gasteiger charge is 2.19. The number of hydrogen-bond donors (Lipinski definition) is 1. The number of aryl methyl sites for hydroxylation is 2. The van der Waals surface area contributed by atoms with Crippen molar-refractivity contribution in [1.82, 2.24) is 5.32 Å². The molecular weight excluding hydrogens is 214 g/mol. The van der Waals surface area contributed by atoms with Crippen molar-refractivity contribution < 1.29 is 0 Å². The predicted molar refractivity (Wildman–Crippen MR) is 74.1 cm³/mol. The summed E-state index contributed by atoms with van der Waals surface area (Å²) in [6, 6.07) is 2.30. The SMILES string of the molecule is Cc1cc(CNCC(C)C(C)(C)C)c(C)s1. The Kier molecular flexibility index (Phi) is 4.57. The molecule has 1 aromatic rings. The zero-order valence-corrected chi connectivity index (χ0v) is 12.3. The van der Waals surface area contributed by atoms with E-state index in [1.165, 1.54) is 15.3 Å². The lowest BCUT2D eigenvalue weighted by Crippen LogP contribution is -2.29. The molecule has 0 fully saturated rings. The van der Waals surface area contributed by atoms with Gasteiger partial charge >= 0.3 is 0 Å². The fraction of sp³-hybridized carbons (Fsp3) is 0.714. The Balaban J connectivity index is 2.39. The van der Waals surface area contributed by atoms with Crippen LogP contribution in [0.4, 0.5) is 0 Å². The molecule has 0 radical (unpaired) electrons. The second-order valence-electron chi connectivity index (χ2n) is 5.84. The fourth-order valence-electron chi connectivity index (χ4n) is 1.59. The molecule has 1 aromatic heterocycles. The van der Waals surface area contributed by atoms with Crippen molar-refractivity contribution in [2.75, 3.05) is 6.54 Å². The molecule has 16 heavy (non-hydrogen) atoms. The van der Waals surface area contributed by atoms with E-state index in [4.69, 9.17) is 0 Å². The van der Waals surface area contributed by atoms with E-state index in [2.05, 4.69) is 52.9 Å². The third-order valence-corrected chi connectivity index (χ3v) is 4.40. The molecule has 0 saturated carbocycles. The molecule has 0 amide bonds. The Morgan fingerprint density at radius 3 is 2.38 bits per heavy atom. The smallest absolute Gasteiger partial charge is 0.0216 e. The molecule has 0 spiro atoms. The van der Waals surface area contributed by atoms with E-state index in [0.29, 0.717) is 11.3 Å². The van der Waals surface area contributed by atoms with Gasteiger partial charge in [0.1, 0.15) is 0 Å². The molecule has 1 heterocycles. The summed E-state index contributed by atoms with van der Waals surface area (Å²) in [5.41, 5.74) is 1.86. The van der Waals surface area contributed by atoms with Crippen molar-refractivity contribution in [3.8, 4) is 0 Å². The van der Waals surface area contributed by atoms with E-state index >= 15 is 0 Å². The Hall–Kier alpha value is -0.340. The normalized spacial score (nSPS) is 14.1. The second-order valence-corrected chi connectivity index (χ2v) is 7.30. The van der Waals surface area contributed by atoms with E-state index in [1.807, 2.05) is 11.3 Å². The van der Waals surface area contributed by atoms with Gasteiger partial charge in [0.25, 0.3) is 0 Å². The van der Waals surface area contributed by atoms with Crippen LogP contribution in [0.1, 0.15) is 43.0 Å². The van der Waals surface area contributed by atoms with E-state index in [0.717, 1.165) is 13.1 Å². The van der Waals surface area contributed by atoms with Crippen molar-refractivity contribution in [3.63, 3.8) is 0 Å². The molecule has 1 N–H and O–H groups in total. The highest BCUT2D eigenvalue weighted by molar-refractivity contribution is 7.12. The van der Waals surface area contributed by atoms with E-state index in [1.54, 1.807) is 0 Å². The second kappa shape index (κ2) is 5.33. The van der Waals surface area contributed by atoms with Gasteiger partial charge in [-0.3, -0.25) is 0 Å². The number of hydrogen-bond acceptors (Lipinski definition) is 2. The molecular formula is C14H25NS. The number of rotatable bonds is 4. The summed E-state index contributed by atoms with van der Waals surface area (Å²) in [6.07, 6.45) is 0. The van der Waals surface area contributed by atoms with Crippen LogP contribution in [0.2, 0.25) is 0 Å². The van der Waals surface area contributed by atoms with E-state index in [-0.39, 0.29) is 0 Å². The largest absolute Gasteiger partial charge is 0.312 e. The summed E-state index contributed by atoms with van der Waals surface area (Å²) < 4.78 is 0. The Morgan fingerprint density at radius 1 is 1.31 bits per heavy atom. The van der Waals surface area contributed by atoms with Crippen molar-refractivity contribution in [2.24, 2.45) is 11.3 Å². The quantitative estimate of drug-likeness (QED) is 0.833. The van der Waals surface area contributed by atoms with Crippen LogP contribution in [0.3, 0.4) is 0 Å². The van der Waals surface area contributed by atoms with Crippen molar-refractivity contribution in [2.45, 2.75) is 48.1 Å². The topological polar surface area (TPSA) is 12.0 Å². The maximum absolute atomic E-state index is 3.57. The highest BCUT2D eigenvalue weighted by atomic mass is 32.1. The van der Waals surface area contributed by atoms with E-state index < -0.39 is 0 Å². The molecule has 1 unspecified atom stereocenters.